The minimum atomic E-state index is 0.0846. The Hall–Kier alpha value is -1.55. The predicted molar refractivity (Wildman–Crippen MR) is 77.3 cm³/mol. The number of benzene rings is 1. The van der Waals surface area contributed by atoms with Crippen LogP contribution < -0.4 is 5.32 Å². The fourth-order valence-corrected chi connectivity index (χ4v) is 3.75. The van der Waals surface area contributed by atoms with Crippen molar-refractivity contribution in [3.05, 3.63) is 29.8 Å². The van der Waals surface area contributed by atoms with Crippen molar-refractivity contribution in [1.29, 1.82) is 0 Å². The van der Waals surface area contributed by atoms with Crippen molar-refractivity contribution >= 4 is 5.91 Å². The van der Waals surface area contributed by atoms with Crippen LogP contribution in [0.1, 0.15) is 38.2 Å². The second-order valence-corrected chi connectivity index (χ2v) is 6.09. The van der Waals surface area contributed by atoms with Crippen LogP contribution in [0.15, 0.2) is 24.3 Å². The van der Waals surface area contributed by atoms with Crippen molar-refractivity contribution in [2.24, 2.45) is 0 Å². The summed E-state index contributed by atoms with van der Waals surface area (Å²) in [6, 6.07) is 9.01. The molecule has 2 saturated heterocycles. The molecule has 0 saturated carbocycles. The number of amides is 1. The molecule has 2 N–H and O–H groups in total. The summed E-state index contributed by atoms with van der Waals surface area (Å²) in [5.74, 6) is 0.405. The lowest BCUT2D eigenvalue weighted by Crippen LogP contribution is -2.49. The number of fused-ring (bicyclic) bond motifs is 2. The zero-order valence-corrected chi connectivity index (χ0v) is 11.9. The van der Waals surface area contributed by atoms with Gasteiger partial charge in [0.05, 0.1) is 0 Å². The smallest absolute Gasteiger partial charge is 0.217 e. The van der Waals surface area contributed by atoms with Crippen LogP contribution in [-0.2, 0) is 11.3 Å². The van der Waals surface area contributed by atoms with Crippen LogP contribution in [0.5, 0.6) is 5.75 Å². The maximum absolute atomic E-state index is 11.2. The molecule has 2 fully saturated rings. The van der Waals surface area contributed by atoms with Gasteiger partial charge in [0.25, 0.3) is 0 Å². The van der Waals surface area contributed by atoms with Crippen LogP contribution in [-0.4, -0.2) is 34.0 Å². The summed E-state index contributed by atoms with van der Waals surface area (Å²) < 4.78 is 0. The SMILES string of the molecule is CC(=O)N[C@H]1C[C@H]2CC[C@@H](C1)N2Cc1ccc(O)cc1. The average Bonchev–Trinajstić information content (AvgIpc) is 2.63. The molecule has 4 heteroatoms. The van der Waals surface area contributed by atoms with E-state index in [2.05, 4.69) is 10.2 Å². The molecule has 3 rings (SSSR count). The lowest BCUT2D eigenvalue weighted by Gasteiger charge is -2.39. The number of hydrogen-bond acceptors (Lipinski definition) is 3. The second-order valence-electron chi connectivity index (χ2n) is 6.09. The number of rotatable bonds is 3. The molecule has 1 aromatic rings. The highest BCUT2D eigenvalue weighted by atomic mass is 16.3. The fourth-order valence-electron chi connectivity index (χ4n) is 3.75. The number of aromatic hydroxyl groups is 1. The predicted octanol–water partition coefficient (Wildman–Crippen LogP) is 2.02. The van der Waals surface area contributed by atoms with Crippen molar-refractivity contribution in [3.8, 4) is 5.75 Å². The Bertz CT molecular complexity index is 472. The maximum Gasteiger partial charge on any atom is 0.217 e. The molecule has 108 valence electrons. The van der Waals surface area contributed by atoms with Gasteiger partial charge in [-0.3, -0.25) is 9.69 Å². The standard InChI is InChI=1S/C16H22N2O2/c1-11(19)17-13-8-14-4-5-15(9-13)18(14)10-12-2-6-16(20)7-3-12/h2-3,6-7,13-15,20H,4-5,8-10H2,1H3,(H,17,19)/t13-,14+,15-. The van der Waals surface area contributed by atoms with Crippen LogP contribution in [0.25, 0.3) is 0 Å². The number of phenolic OH excluding ortho intramolecular Hbond substituents is 1. The number of nitrogens with one attached hydrogen (secondary N) is 1. The van der Waals surface area contributed by atoms with E-state index in [1.54, 1.807) is 19.1 Å². The second kappa shape index (κ2) is 5.44. The summed E-state index contributed by atoms with van der Waals surface area (Å²) in [5.41, 5.74) is 1.25. The van der Waals surface area contributed by atoms with Gasteiger partial charge >= 0.3 is 0 Å². The highest BCUT2D eigenvalue weighted by Crippen LogP contribution is 2.36. The highest BCUT2D eigenvalue weighted by molar-refractivity contribution is 5.73. The van der Waals surface area contributed by atoms with Crippen LogP contribution in [0, 0.1) is 0 Å². The maximum atomic E-state index is 11.2. The summed E-state index contributed by atoms with van der Waals surface area (Å²) in [5, 5.41) is 12.4. The summed E-state index contributed by atoms with van der Waals surface area (Å²) in [6.45, 7) is 2.55. The van der Waals surface area contributed by atoms with Crippen LogP contribution >= 0.6 is 0 Å². The van der Waals surface area contributed by atoms with Gasteiger partial charge in [0.2, 0.25) is 5.91 Å². The summed E-state index contributed by atoms with van der Waals surface area (Å²) in [7, 11) is 0. The molecular formula is C16H22N2O2. The van der Waals surface area contributed by atoms with Gasteiger partial charge in [0.1, 0.15) is 5.75 Å². The van der Waals surface area contributed by atoms with Crippen molar-refractivity contribution < 1.29 is 9.90 Å². The van der Waals surface area contributed by atoms with Gasteiger partial charge in [-0.25, -0.2) is 0 Å². The van der Waals surface area contributed by atoms with Crippen LogP contribution in [0.4, 0.5) is 0 Å². The van der Waals surface area contributed by atoms with E-state index < -0.39 is 0 Å². The Morgan fingerprint density at radius 2 is 1.85 bits per heavy atom. The summed E-state index contributed by atoms with van der Waals surface area (Å²) >= 11 is 0. The first-order valence-corrected chi connectivity index (χ1v) is 7.42. The first kappa shape index (κ1) is 13.4. The number of carbonyl (C=O) groups is 1. The van der Waals surface area contributed by atoms with E-state index in [0.29, 0.717) is 23.9 Å². The van der Waals surface area contributed by atoms with Gasteiger partial charge in [-0.15, -0.1) is 0 Å². The molecule has 0 radical (unpaired) electrons. The third-order valence-electron chi connectivity index (χ3n) is 4.59. The van der Waals surface area contributed by atoms with E-state index in [1.807, 2.05) is 12.1 Å². The van der Waals surface area contributed by atoms with Gasteiger partial charge in [-0.2, -0.15) is 0 Å². The number of nitrogens with zero attached hydrogens (tertiary/aromatic N) is 1. The minimum absolute atomic E-state index is 0.0846. The van der Waals surface area contributed by atoms with E-state index in [9.17, 15) is 9.90 Å². The largest absolute Gasteiger partial charge is 0.508 e. The third-order valence-corrected chi connectivity index (χ3v) is 4.59. The van der Waals surface area contributed by atoms with E-state index in [-0.39, 0.29) is 5.91 Å². The number of hydrogen-bond donors (Lipinski definition) is 2. The zero-order valence-electron chi connectivity index (χ0n) is 11.9. The number of carbonyl (C=O) groups excluding carboxylic acids is 1. The zero-order chi connectivity index (χ0) is 14.1. The lowest BCUT2D eigenvalue weighted by atomic mass is 9.96. The Kier molecular flexibility index (Phi) is 3.66. The first-order valence-electron chi connectivity index (χ1n) is 7.42. The molecule has 2 heterocycles. The molecule has 2 aliphatic heterocycles. The van der Waals surface area contributed by atoms with Crippen LogP contribution in [0.2, 0.25) is 0 Å². The monoisotopic (exact) mass is 274 g/mol. The normalized spacial score (nSPS) is 29.4. The molecule has 2 aliphatic rings. The van der Waals surface area contributed by atoms with Crippen molar-refractivity contribution in [2.45, 2.75) is 57.3 Å². The molecule has 0 spiro atoms. The van der Waals surface area contributed by atoms with Gasteiger partial charge < -0.3 is 10.4 Å². The number of piperidine rings is 1. The molecule has 0 unspecified atom stereocenters. The highest BCUT2D eigenvalue weighted by Gasteiger charge is 2.40. The fraction of sp³-hybridized carbons (Fsp3) is 0.562. The Morgan fingerprint density at radius 1 is 1.25 bits per heavy atom. The summed E-state index contributed by atoms with van der Waals surface area (Å²) in [6.07, 6.45) is 4.60. The molecule has 0 aliphatic carbocycles. The molecule has 20 heavy (non-hydrogen) atoms. The summed E-state index contributed by atoms with van der Waals surface area (Å²) in [4.78, 5) is 13.8. The van der Waals surface area contributed by atoms with Gasteiger partial charge in [0, 0.05) is 31.6 Å². The van der Waals surface area contributed by atoms with Gasteiger partial charge in [-0.1, -0.05) is 12.1 Å². The molecule has 1 aromatic carbocycles. The Morgan fingerprint density at radius 3 is 2.40 bits per heavy atom. The Labute approximate surface area is 119 Å². The van der Waals surface area contributed by atoms with E-state index in [1.165, 1.54) is 18.4 Å². The van der Waals surface area contributed by atoms with Crippen molar-refractivity contribution in [2.75, 3.05) is 0 Å². The van der Waals surface area contributed by atoms with E-state index >= 15 is 0 Å². The average molecular weight is 274 g/mol. The molecule has 3 atom stereocenters. The first-order chi connectivity index (χ1) is 9.61. The Balaban J connectivity index is 1.65. The number of phenols is 1. The molecule has 0 aromatic heterocycles. The van der Waals surface area contributed by atoms with Crippen molar-refractivity contribution in [1.82, 2.24) is 10.2 Å². The minimum Gasteiger partial charge on any atom is -0.508 e. The van der Waals surface area contributed by atoms with Crippen LogP contribution in [0.3, 0.4) is 0 Å². The van der Waals surface area contributed by atoms with Gasteiger partial charge in [0.15, 0.2) is 0 Å². The van der Waals surface area contributed by atoms with E-state index in [4.69, 9.17) is 0 Å². The van der Waals surface area contributed by atoms with E-state index in [0.717, 1.165) is 19.4 Å². The topological polar surface area (TPSA) is 52.6 Å². The molecule has 4 nitrogen and oxygen atoms in total. The molecule has 1 amide bonds. The molecular weight excluding hydrogens is 252 g/mol. The van der Waals surface area contributed by atoms with Crippen molar-refractivity contribution in [3.63, 3.8) is 0 Å². The molecule has 2 bridgehead atoms. The van der Waals surface area contributed by atoms with Gasteiger partial charge in [-0.05, 0) is 43.4 Å². The lowest BCUT2D eigenvalue weighted by molar-refractivity contribution is -0.120. The third kappa shape index (κ3) is 2.80. The quantitative estimate of drug-likeness (QED) is 0.886.